The van der Waals surface area contributed by atoms with Gasteiger partial charge >= 0.3 is 6.61 Å². The van der Waals surface area contributed by atoms with E-state index in [2.05, 4.69) is 27.1 Å². The average Bonchev–Trinajstić information content (AvgIpc) is 3.11. The molecule has 0 aliphatic carbocycles. The van der Waals surface area contributed by atoms with E-state index in [0.717, 1.165) is 31.5 Å². The van der Waals surface area contributed by atoms with Crippen LogP contribution in [0.5, 0.6) is 5.75 Å². The van der Waals surface area contributed by atoms with Crippen LogP contribution in [0.2, 0.25) is 0 Å². The zero-order valence-corrected chi connectivity index (χ0v) is 15.3. The Bertz CT molecular complexity index is 738. The highest BCUT2D eigenvalue weighted by Gasteiger charge is 2.31. The van der Waals surface area contributed by atoms with Crippen LogP contribution in [0.3, 0.4) is 0 Å². The minimum atomic E-state index is -2.84. The molecule has 1 N–H and O–H groups in total. The quantitative estimate of drug-likeness (QED) is 0.792. The first-order valence-corrected chi connectivity index (χ1v) is 9.16. The maximum absolute atomic E-state index is 12.8. The van der Waals surface area contributed by atoms with E-state index in [4.69, 9.17) is 0 Å². The van der Waals surface area contributed by atoms with E-state index in [1.807, 2.05) is 25.1 Å². The molecule has 144 valence electrons. The fourth-order valence-electron chi connectivity index (χ4n) is 3.46. The van der Waals surface area contributed by atoms with E-state index >= 15 is 0 Å². The molecule has 2 aromatic rings. The van der Waals surface area contributed by atoms with Crippen molar-refractivity contribution in [3.05, 3.63) is 65.7 Å². The van der Waals surface area contributed by atoms with E-state index in [9.17, 15) is 13.6 Å². The first-order chi connectivity index (χ1) is 13.0. The number of alkyl halides is 2. The lowest BCUT2D eigenvalue weighted by Crippen LogP contribution is -2.43. The summed E-state index contributed by atoms with van der Waals surface area (Å²) in [6, 6.07) is 16.1. The van der Waals surface area contributed by atoms with Crippen molar-refractivity contribution in [2.75, 3.05) is 6.54 Å². The van der Waals surface area contributed by atoms with Crippen LogP contribution in [0.15, 0.2) is 54.6 Å². The van der Waals surface area contributed by atoms with E-state index < -0.39 is 6.61 Å². The summed E-state index contributed by atoms with van der Waals surface area (Å²) in [5.74, 6) is 0.112. The van der Waals surface area contributed by atoms with Crippen molar-refractivity contribution in [2.24, 2.45) is 0 Å². The minimum absolute atomic E-state index is 0.00355. The molecule has 4 nitrogen and oxygen atoms in total. The predicted octanol–water partition coefficient (Wildman–Crippen LogP) is 4.13. The van der Waals surface area contributed by atoms with Crippen LogP contribution in [-0.2, 0) is 11.3 Å². The van der Waals surface area contributed by atoms with Gasteiger partial charge in [0.1, 0.15) is 5.75 Å². The summed E-state index contributed by atoms with van der Waals surface area (Å²) in [7, 11) is 0. The van der Waals surface area contributed by atoms with E-state index in [1.54, 1.807) is 12.1 Å². The van der Waals surface area contributed by atoms with Crippen LogP contribution in [0.4, 0.5) is 8.78 Å². The molecule has 1 aliphatic heterocycles. The summed E-state index contributed by atoms with van der Waals surface area (Å²) in [6.45, 7) is 0.705. The zero-order chi connectivity index (χ0) is 19.2. The monoisotopic (exact) mass is 374 g/mol. The Balaban J connectivity index is 1.58. The van der Waals surface area contributed by atoms with E-state index in [1.165, 1.54) is 17.7 Å². The van der Waals surface area contributed by atoms with Crippen molar-refractivity contribution in [1.82, 2.24) is 10.2 Å². The van der Waals surface area contributed by atoms with Gasteiger partial charge in [-0.25, -0.2) is 0 Å². The third-order valence-electron chi connectivity index (χ3n) is 4.86. The van der Waals surface area contributed by atoms with Gasteiger partial charge in [-0.05, 0) is 49.6 Å². The molecule has 2 atom stereocenters. The van der Waals surface area contributed by atoms with Gasteiger partial charge in [0.25, 0.3) is 0 Å². The third kappa shape index (κ3) is 5.26. The van der Waals surface area contributed by atoms with E-state index in [0.29, 0.717) is 0 Å². The van der Waals surface area contributed by atoms with Gasteiger partial charge < -0.3 is 10.1 Å². The summed E-state index contributed by atoms with van der Waals surface area (Å²) in [5, 5.41) is 3.04. The lowest BCUT2D eigenvalue weighted by Gasteiger charge is -2.25. The van der Waals surface area contributed by atoms with Gasteiger partial charge in [0, 0.05) is 6.54 Å². The summed E-state index contributed by atoms with van der Waals surface area (Å²) in [5.41, 5.74) is 2.04. The second-order valence-electron chi connectivity index (χ2n) is 6.79. The van der Waals surface area contributed by atoms with Gasteiger partial charge in [-0.15, -0.1) is 0 Å². The molecule has 1 fully saturated rings. The molecule has 0 bridgehead atoms. The van der Waals surface area contributed by atoms with Gasteiger partial charge in [-0.1, -0.05) is 42.5 Å². The van der Waals surface area contributed by atoms with Crippen LogP contribution in [-0.4, -0.2) is 30.0 Å². The zero-order valence-electron chi connectivity index (χ0n) is 15.3. The molecule has 0 saturated carbocycles. The number of hydrogen-bond acceptors (Lipinski definition) is 3. The molecule has 0 aromatic heterocycles. The number of halogens is 2. The summed E-state index contributed by atoms with van der Waals surface area (Å²) in [4.78, 5) is 15.0. The maximum atomic E-state index is 12.8. The second kappa shape index (κ2) is 8.95. The number of nitrogens with zero attached hydrogens (tertiary/aromatic N) is 1. The molecule has 1 aliphatic rings. The molecular formula is C21H24F2N2O2. The number of carbonyl (C=O) groups excluding carboxylic acids is 1. The van der Waals surface area contributed by atoms with Crippen molar-refractivity contribution >= 4 is 5.91 Å². The maximum Gasteiger partial charge on any atom is 0.387 e. The Kier molecular flexibility index (Phi) is 6.40. The van der Waals surface area contributed by atoms with Crippen molar-refractivity contribution in [3.63, 3.8) is 0 Å². The molecular weight excluding hydrogens is 350 g/mol. The molecule has 0 radical (unpaired) electrons. The van der Waals surface area contributed by atoms with Crippen LogP contribution < -0.4 is 10.1 Å². The second-order valence-corrected chi connectivity index (χ2v) is 6.79. The average molecular weight is 374 g/mol. The number of hydrogen-bond donors (Lipinski definition) is 1. The standard InChI is InChI=1S/C21H24F2N2O2/c1-15(17-9-11-18(12-10-17)27-21(22)23)24-20(26)19-8-5-13-25(19)14-16-6-3-2-4-7-16/h2-4,6-7,9-12,15,19,21H,5,8,13-14H2,1H3,(H,24,26). The number of carbonyl (C=O) groups is 1. The van der Waals surface area contributed by atoms with Crippen LogP contribution >= 0.6 is 0 Å². The van der Waals surface area contributed by atoms with Crippen LogP contribution in [0, 0.1) is 0 Å². The van der Waals surface area contributed by atoms with Gasteiger partial charge in [0.15, 0.2) is 0 Å². The number of benzene rings is 2. The molecule has 27 heavy (non-hydrogen) atoms. The van der Waals surface area contributed by atoms with Crippen LogP contribution in [0.25, 0.3) is 0 Å². The Morgan fingerprint density at radius 2 is 1.89 bits per heavy atom. The summed E-state index contributed by atoms with van der Waals surface area (Å²) >= 11 is 0. The van der Waals surface area contributed by atoms with Crippen LogP contribution in [0.1, 0.15) is 36.9 Å². The van der Waals surface area contributed by atoms with Crippen molar-refractivity contribution in [3.8, 4) is 5.75 Å². The molecule has 1 amide bonds. The lowest BCUT2D eigenvalue weighted by atomic mass is 10.1. The minimum Gasteiger partial charge on any atom is -0.435 e. The highest BCUT2D eigenvalue weighted by Crippen LogP contribution is 2.23. The Morgan fingerprint density at radius 1 is 1.19 bits per heavy atom. The topological polar surface area (TPSA) is 41.6 Å². The molecule has 0 spiro atoms. The van der Waals surface area contributed by atoms with E-state index in [-0.39, 0.29) is 23.7 Å². The largest absolute Gasteiger partial charge is 0.435 e. The number of nitrogens with one attached hydrogen (secondary N) is 1. The van der Waals surface area contributed by atoms with Crippen molar-refractivity contribution in [1.29, 1.82) is 0 Å². The molecule has 2 aromatic carbocycles. The lowest BCUT2D eigenvalue weighted by molar-refractivity contribution is -0.126. The molecule has 2 unspecified atom stereocenters. The number of amides is 1. The molecule has 6 heteroatoms. The van der Waals surface area contributed by atoms with Gasteiger partial charge in [0.2, 0.25) is 5.91 Å². The van der Waals surface area contributed by atoms with Crippen molar-refractivity contribution < 1.29 is 18.3 Å². The molecule has 1 saturated heterocycles. The smallest absolute Gasteiger partial charge is 0.387 e. The number of likely N-dealkylation sites (tertiary alicyclic amines) is 1. The van der Waals surface area contributed by atoms with Gasteiger partial charge in [-0.3, -0.25) is 9.69 Å². The van der Waals surface area contributed by atoms with Crippen molar-refractivity contribution in [2.45, 2.75) is 45.0 Å². The Hall–Kier alpha value is -2.47. The third-order valence-corrected chi connectivity index (χ3v) is 4.86. The number of ether oxygens (including phenoxy) is 1. The SMILES string of the molecule is CC(NC(=O)C1CCCN1Cc1ccccc1)c1ccc(OC(F)F)cc1. The number of rotatable bonds is 7. The van der Waals surface area contributed by atoms with Gasteiger partial charge in [-0.2, -0.15) is 8.78 Å². The fraction of sp³-hybridized carbons (Fsp3) is 0.381. The molecule has 1 heterocycles. The first kappa shape index (κ1) is 19.3. The fourth-order valence-corrected chi connectivity index (χ4v) is 3.46. The highest BCUT2D eigenvalue weighted by atomic mass is 19.3. The first-order valence-electron chi connectivity index (χ1n) is 9.16. The summed E-state index contributed by atoms with van der Waals surface area (Å²) < 4.78 is 28.8. The Labute approximate surface area is 158 Å². The summed E-state index contributed by atoms with van der Waals surface area (Å²) in [6.07, 6.45) is 1.84. The normalized spacial score (nSPS) is 18.4. The Morgan fingerprint density at radius 3 is 2.56 bits per heavy atom. The predicted molar refractivity (Wildman–Crippen MR) is 99.5 cm³/mol. The highest BCUT2D eigenvalue weighted by molar-refractivity contribution is 5.82. The molecule has 3 rings (SSSR count). The van der Waals surface area contributed by atoms with Gasteiger partial charge in [0.05, 0.1) is 12.1 Å².